The van der Waals surface area contributed by atoms with Crippen molar-refractivity contribution in [2.24, 2.45) is 0 Å². The van der Waals surface area contributed by atoms with Crippen LogP contribution in [0, 0.1) is 6.92 Å². The average molecular weight is 493 g/mol. The van der Waals surface area contributed by atoms with E-state index in [9.17, 15) is 14.4 Å². The molecule has 3 aromatic rings. The summed E-state index contributed by atoms with van der Waals surface area (Å²) in [6.07, 6.45) is 0. The van der Waals surface area contributed by atoms with E-state index < -0.39 is 17.8 Å². The van der Waals surface area contributed by atoms with Crippen molar-refractivity contribution in [3.05, 3.63) is 88.6 Å². The fourth-order valence-electron chi connectivity index (χ4n) is 3.48. The van der Waals surface area contributed by atoms with Gasteiger partial charge in [-0.15, -0.1) is 0 Å². The predicted molar refractivity (Wildman–Crippen MR) is 131 cm³/mol. The molecule has 0 saturated carbocycles. The lowest BCUT2D eigenvalue weighted by atomic mass is 10.2. The summed E-state index contributed by atoms with van der Waals surface area (Å²) in [6, 6.07) is 18.1. The third-order valence-electron chi connectivity index (χ3n) is 5.25. The molecule has 1 heterocycles. The molecule has 8 nitrogen and oxygen atoms in total. The molecular formula is C26H21ClN2O6. The van der Waals surface area contributed by atoms with Crippen molar-refractivity contribution in [3.63, 3.8) is 0 Å². The Balaban J connectivity index is 1.51. The maximum atomic E-state index is 13.1. The minimum absolute atomic E-state index is 0.0929. The number of ether oxygens (including phenoxy) is 3. The second-order valence-corrected chi connectivity index (χ2v) is 7.96. The maximum absolute atomic E-state index is 13.1. The summed E-state index contributed by atoms with van der Waals surface area (Å²) in [5.74, 6) is -0.647. The van der Waals surface area contributed by atoms with Crippen LogP contribution in [0.1, 0.15) is 15.9 Å². The minimum atomic E-state index is -0.694. The lowest BCUT2D eigenvalue weighted by Crippen LogP contribution is -2.32. The van der Waals surface area contributed by atoms with Crippen molar-refractivity contribution < 1.29 is 28.6 Å². The van der Waals surface area contributed by atoms with Crippen molar-refractivity contribution in [2.75, 3.05) is 24.4 Å². The van der Waals surface area contributed by atoms with Crippen LogP contribution in [-0.2, 0) is 9.59 Å². The van der Waals surface area contributed by atoms with E-state index in [0.717, 1.165) is 10.5 Å². The molecule has 0 radical (unpaired) electrons. The van der Waals surface area contributed by atoms with Crippen molar-refractivity contribution in [1.82, 2.24) is 0 Å². The Morgan fingerprint density at radius 1 is 0.886 bits per heavy atom. The molecule has 0 bridgehead atoms. The molecule has 1 N–H and O–H groups in total. The number of nitrogens with zero attached hydrogens (tertiary/aromatic N) is 1. The third-order valence-corrected chi connectivity index (χ3v) is 5.60. The van der Waals surface area contributed by atoms with Crippen LogP contribution in [0.4, 0.5) is 11.4 Å². The lowest BCUT2D eigenvalue weighted by Gasteiger charge is -2.18. The van der Waals surface area contributed by atoms with E-state index in [4.69, 9.17) is 25.8 Å². The molecule has 0 unspecified atom stereocenters. The monoisotopic (exact) mass is 492 g/mol. The molecule has 9 heteroatoms. The number of rotatable bonds is 7. The first kappa shape index (κ1) is 23.8. The number of methoxy groups -OCH3 is 2. The summed E-state index contributed by atoms with van der Waals surface area (Å²) in [6.45, 7) is 1.90. The number of benzene rings is 3. The number of imide groups is 1. The van der Waals surface area contributed by atoms with Gasteiger partial charge in [-0.2, -0.15) is 0 Å². The molecule has 0 spiro atoms. The number of nitrogens with one attached hydrogen (secondary N) is 1. The van der Waals surface area contributed by atoms with Gasteiger partial charge < -0.3 is 19.5 Å². The second kappa shape index (κ2) is 9.90. The molecule has 2 amide bonds. The van der Waals surface area contributed by atoms with Gasteiger partial charge >= 0.3 is 5.97 Å². The Labute approximate surface area is 206 Å². The van der Waals surface area contributed by atoms with E-state index >= 15 is 0 Å². The number of carbonyl (C=O) groups is 3. The maximum Gasteiger partial charge on any atom is 0.343 e. The highest BCUT2D eigenvalue weighted by Gasteiger charge is 2.40. The molecule has 1 aliphatic heterocycles. The van der Waals surface area contributed by atoms with Gasteiger partial charge in [-0.25, -0.2) is 9.69 Å². The van der Waals surface area contributed by atoms with Crippen molar-refractivity contribution >= 4 is 40.8 Å². The average Bonchev–Trinajstić information content (AvgIpc) is 3.07. The number of halogens is 1. The fraction of sp³-hybridized carbons (Fsp3) is 0.115. The molecule has 178 valence electrons. The van der Waals surface area contributed by atoms with Gasteiger partial charge in [-0.05, 0) is 61.0 Å². The zero-order chi connectivity index (χ0) is 25.1. The molecule has 3 aromatic carbocycles. The topological polar surface area (TPSA) is 94.2 Å². The van der Waals surface area contributed by atoms with Gasteiger partial charge in [0.25, 0.3) is 11.8 Å². The van der Waals surface area contributed by atoms with Crippen LogP contribution in [0.15, 0.2) is 77.5 Å². The quantitative estimate of drug-likeness (QED) is 0.291. The van der Waals surface area contributed by atoms with Crippen LogP contribution in [0.2, 0.25) is 0 Å². The summed E-state index contributed by atoms with van der Waals surface area (Å²) < 4.78 is 15.9. The smallest absolute Gasteiger partial charge is 0.343 e. The Bertz CT molecular complexity index is 1350. The predicted octanol–water partition coefficient (Wildman–Crippen LogP) is 4.67. The van der Waals surface area contributed by atoms with Crippen molar-refractivity contribution in [3.8, 4) is 17.2 Å². The largest absolute Gasteiger partial charge is 0.497 e. The molecule has 0 saturated heterocycles. The Hall–Kier alpha value is -4.30. The summed E-state index contributed by atoms with van der Waals surface area (Å²) in [7, 11) is 2.91. The molecule has 0 aromatic heterocycles. The number of esters is 1. The molecule has 0 aliphatic carbocycles. The third kappa shape index (κ3) is 4.83. The Morgan fingerprint density at radius 3 is 2.29 bits per heavy atom. The molecule has 4 rings (SSSR count). The minimum Gasteiger partial charge on any atom is -0.497 e. The summed E-state index contributed by atoms with van der Waals surface area (Å²) in [5, 5.41) is 2.60. The van der Waals surface area contributed by atoms with E-state index in [1.165, 1.54) is 20.3 Å². The van der Waals surface area contributed by atoms with Crippen molar-refractivity contribution in [1.29, 1.82) is 0 Å². The summed E-state index contributed by atoms with van der Waals surface area (Å²) in [5.41, 5.74) is 1.87. The van der Waals surface area contributed by atoms with E-state index in [1.807, 2.05) is 13.0 Å². The van der Waals surface area contributed by atoms with E-state index in [1.54, 1.807) is 54.6 Å². The summed E-state index contributed by atoms with van der Waals surface area (Å²) >= 11 is 6.22. The second-order valence-electron chi connectivity index (χ2n) is 7.58. The molecule has 35 heavy (non-hydrogen) atoms. The zero-order valence-corrected chi connectivity index (χ0v) is 19.9. The first-order chi connectivity index (χ1) is 16.8. The Kier molecular flexibility index (Phi) is 6.75. The number of anilines is 2. The van der Waals surface area contributed by atoms with Gasteiger partial charge in [0.05, 0.1) is 25.5 Å². The molecular weight excluding hydrogens is 472 g/mol. The normalized spacial score (nSPS) is 13.2. The van der Waals surface area contributed by atoms with Gasteiger partial charge in [0.15, 0.2) is 0 Å². The number of hydrogen-bond acceptors (Lipinski definition) is 7. The van der Waals surface area contributed by atoms with Crippen LogP contribution in [-0.4, -0.2) is 32.0 Å². The van der Waals surface area contributed by atoms with Gasteiger partial charge in [-0.3, -0.25) is 9.59 Å². The van der Waals surface area contributed by atoms with E-state index in [0.29, 0.717) is 22.7 Å². The van der Waals surface area contributed by atoms with Crippen LogP contribution in [0.25, 0.3) is 0 Å². The SMILES string of the molecule is COc1ccc(N2C(=O)C(Cl)=C(Nc3ccc(C(=O)Oc4cccc(C)c4)cc3)C2=O)c(OC)c1. The standard InChI is InChI=1S/C26H21ClN2O6/c1-15-5-4-6-19(13-15)35-26(32)16-7-9-17(10-8-16)28-23-22(27)24(30)29(25(23)31)20-12-11-18(33-2)14-21(20)34-3/h4-14,28H,1-3H3. The number of carbonyl (C=O) groups excluding carboxylic acids is 3. The number of aryl methyl sites for hydroxylation is 1. The Morgan fingerprint density at radius 2 is 1.63 bits per heavy atom. The molecule has 1 aliphatic rings. The lowest BCUT2D eigenvalue weighted by molar-refractivity contribution is -0.120. The van der Waals surface area contributed by atoms with Gasteiger partial charge in [0.2, 0.25) is 0 Å². The van der Waals surface area contributed by atoms with Gasteiger partial charge in [0.1, 0.15) is 28.0 Å². The van der Waals surface area contributed by atoms with Gasteiger partial charge in [0, 0.05) is 11.8 Å². The van der Waals surface area contributed by atoms with Crippen molar-refractivity contribution in [2.45, 2.75) is 6.92 Å². The molecule has 0 atom stereocenters. The first-order valence-electron chi connectivity index (χ1n) is 10.5. The van der Waals surface area contributed by atoms with Gasteiger partial charge in [-0.1, -0.05) is 23.7 Å². The van der Waals surface area contributed by atoms with Crippen LogP contribution in [0.5, 0.6) is 17.2 Å². The van der Waals surface area contributed by atoms with Crippen LogP contribution < -0.4 is 24.4 Å². The first-order valence-corrected chi connectivity index (χ1v) is 10.9. The highest BCUT2D eigenvalue weighted by atomic mass is 35.5. The molecule has 0 fully saturated rings. The highest BCUT2D eigenvalue weighted by Crippen LogP contribution is 2.37. The number of amides is 2. The van der Waals surface area contributed by atoms with Crippen LogP contribution in [0.3, 0.4) is 0 Å². The fourth-order valence-corrected chi connectivity index (χ4v) is 3.69. The van der Waals surface area contributed by atoms with E-state index in [-0.39, 0.29) is 22.2 Å². The van der Waals surface area contributed by atoms with E-state index in [2.05, 4.69) is 5.32 Å². The zero-order valence-electron chi connectivity index (χ0n) is 19.1. The number of hydrogen-bond donors (Lipinski definition) is 1. The van der Waals surface area contributed by atoms with Crippen LogP contribution >= 0.6 is 11.6 Å². The summed E-state index contributed by atoms with van der Waals surface area (Å²) in [4.78, 5) is 39.3. The highest BCUT2D eigenvalue weighted by molar-refractivity contribution is 6.53.